The Hall–Kier alpha value is -2.83. The minimum absolute atomic E-state index is 0.0106. The summed E-state index contributed by atoms with van der Waals surface area (Å²) < 4.78 is 49.2. The van der Waals surface area contributed by atoms with E-state index in [9.17, 15) is 31.7 Å². The number of nitro benzene ring substituents is 1. The second-order valence-electron chi connectivity index (χ2n) is 5.78. The second kappa shape index (κ2) is 8.04. The Morgan fingerprint density at radius 2 is 1.75 bits per heavy atom. The maximum absolute atomic E-state index is 12.4. The van der Waals surface area contributed by atoms with E-state index < -0.39 is 36.4 Å². The maximum atomic E-state index is 12.4. The van der Waals surface area contributed by atoms with Crippen LogP contribution in [-0.4, -0.2) is 41.0 Å². The van der Waals surface area contributed by atoms with Crippen molar-refractivity contribution in [1.29, 1.82) is 0 Å². The average molecular weight is 427 g/mol. The number of carbonyl (C=O) groups excluding carboxylic acids is 1. The molecule has 10 nitrogen and oxygen atoms in total. The van der Waals surface area contributed by atoms with Gasteiger partial charge in [0.2, 0.25) is 10.0 Å². The smallest absolute Gasteiger partial charge is 0.271 e. The first kappa shape index (κ1) is 21.5. The number of hydrogen-bond acceptors (Lipinski definition) is 7. The van der Waals surface area contributed by atoms with Gasteiger partial charge in [0.15, 0.2) is 9.84 Å². The molecule has 0 aliphatic rings. The minimum Gasteiger partial charge on any atom is -0.348 e. The quantitative estimate of drug-likeness (QED) is 0.490. The summed E-state index contributed by atoms with van der Waals surface area (Å²) >= 11 is 0. The third-order valence-corrected chi connectivity index (χ3v) is 6.23. The fourth-order valence-electron chi connectivity index (χ4n) is 2.26. The zero-order valence-corrected chi connectivity index (χ0v) is 16.5. The lowest BCUT2D eigenvalue weighted by atomic mass is 10.1. The molecule has 0 bridgehead atoms. The minimum atomic E-state index is -3.76. The van der Waals surface area contributed by atoms with Crippen molar-refractivity contribution in [3.05, 3.63) is 63.7 Å². The molecule has 0 spiro atoms. The first-order chi connectivity index (χ1) is 12.9. The summed E-state index contributed by atoms with van der Waals surface area (Å²) in [4.78, 5) is 22.2. The molecule has 0 aromatic heterocycles. The van der Waals surface area contributed by atoms with E-state index in [1.807, 2.05) is 0 Å². The topological polar surface area (TPSA) is 153 Å². The van der Waals surface area contributed by atoms with Crippen molar-refractivity contribution in [2.24, 2.45) is 0 Å². The van der Waals surface area contributed by atoms with Crippen molar-refractivity contribution >= 4 is 31.5 Å². The van der Waals surface area contributed by atoms with E-state index in [4.69, 9.17) is 0 Å². The van der Waals surface area contributed by atoms with Crippen LogP contribution in [0.5, 0.6) is 0 Å². The van der Waals surface area contributed by atoms with E-state index in [2.05, 4.69) is 10.0 Å². The highest BCUT2D eigenvalue weighted by Crippen LogP contribution is 2.21. The number of carbonyl (C=O) groups is 1. The Bertz CT molecular complexity index is 1140. The van der Waals surface area contributed by atoms with Crippen molar-refractivity contribution < 1.29 is 26.6 Å². The molecule has 12 heteroatoms. The molecular formula is C16H17N3O7S2. The van der Waals surface area contributed by atoms with Gasteiger partial charge in [-0.3, -0.25) is 14.9 Å². The zero-order chi connectivity index (χ0) is 21.1. The fourth-order valence-corrected chi connectivity index (χ4v) is 3.73. The maximum Gasteiger partial charge on any atom is 0.271 e. The third kappa shape index (κ3) is 5.12. The number of non-ortho nitro benzene ring substituents is 1. The summed E-state index contributed by atoms with van der Waals surface area (Å²) in [5.41, 5.74) is -0.262. The molecule has 0 saturated carbocycles. The standard InChI is InChI=1S/C16H17N3O7S2/c1-17-28(25,26)14-5-3-4-11(6-14)10-18-16(20)12-7-13(19(21)22)9-15(8-12)27(2,23)24/h3-9,17H,10H2,1-2H3,(H,18,20). The zero-order valence-electron chi connectivity index (χ0n) is 14.9. The third-order valence-electron chi connectivity index (χ3n) is 3.72. The van der Waals surface area contributed by atoms with Gasteiger partial charge in [-0.05, 0) is 30.8 Å². The van der Waals surface area contributed by atoms with Crippen LogP contribution in [0.2, 0.25) is 0 Å². The highest BCUT2D eigenvalue weighted by atomic mass is 32.2. The van der Waals surface area contributed by atoms with Crippen LogP contribution in [0.25, 0.3) is 0 Å². The Labute approximate surface area is 161 Å². The summed E-state index contributed by atoms with van der Waals surface area (Å²) in [6, 6.07) is 8.71. The molecule has 2 rings (SSSR count). The van der Waals surface area contributed by atoms with Gasteiger partial charge in [-0.2, -0.15) is 0 Å². The molecule has 2 aromatic rings. The van der Waals surface area contributed by atoms with E-state index in [0.717, 1.165) is 24.5 Å². The number of nitrogens with zero attached hydrogens (tertiary/aromatic N) is 1. The average Bonchev–Trinajstić information content (AvgIpc) is 2.65. The summed E-state index contributed by atoms with van der Waals surface area (Å²) in [6.07, 6.45) is 0.876. The monoisotopic (exact) mass is 427 g/mol. The summed E-state index contributed by atoms with van der Waals surface area (Å²) in [5, 5.41) is 13.5. The number of nitro groups is 1. The van der Waals surface area contributed by atoms with E-state index in [-0.39, 0.29) is 21.9 Å². The molecule has 28 heavy (non-hydrogen) atoms. The first-order valence-corrected chi connectivity index (χ1v) is 11.1. The van der Waals surface area contributed by atoms with Gasteiger partial charge in [0.05, 0.1) is 14.7 Å². The highest BCUT2D eigenvalue weighted by molar-refractivity contribution is 7.90. The number of sulfone groups is 1. The van der Waals surface area contributed by atoms with Gasteiger partial charge in [-0.25, -0.2) is 21.6 Å². The van der Waals surface area contributed by atoms with Crippen LogP contribution >= 0.6 is 0 Å². The van der Waals surface area contributed by atoms with Gasteiger partial charge in [-0.1, -0.05) is 12.1 Å². The van der Waals surface area contributed by atoms with Crippen molar-refractivity contribution in [3.8, 4) is 0 Å². The number of nitrogens with one attached hydrogen (secondary N) is 2. The van der Waals surface area contributed by atoms with Crippen LogP contribution in [0.4, 0.5) is 5.69 Å². The van der Waals surface area contributed by atoms with Gasteiger partial charge < -0.3 is 5.32 Å². The van der Waals surface area contributed by atoms with Crippen LogP contribution in [-0.2, 0) is 26.4 Å². The van der Waals surface area contributed by atoms with Crippen LogP contribution in [0.1, 0.15) is 15.9 Å². The van der Waals surface area contributed by atoms with Crippen LogP contribution in [0, 0.1) is 10.1 Å². The van der Waals surface area contributed by atoms with E-state index in [1.165, 1.54) is 25.2 Å². The molecule has 2 N–H and O–H groups in total. The molecule has 0 heterocycles. The number of rotatable bonds is 7. The SMILES string of the molecule is CNS(=O)(=O)c1cccc(CNC(=O)c2cc([N+](=O)[O-])cc(S(C)(=O)=O)c2)c1. The molecule has 1 amide bonds. The van der Waals surface area contributed by atoms with Crippen molar-refractivity contribution in [2.75, 3.05) is 13.3 Å². The van der Waals surface area contributed by atoms with Gasteiger partial charge >= 0.3 is 0 Å². The molecule has 0 atom stereocenters. The number of hydrogen-bond donors (Lipinski definition) is 2. The Morgan fingerprint density at radius 3 is 2.32 bits per heavy atom. The lowest BCUT2D eigenvalue weighted by Gasteiger charge is -2.09. The van der Waals surface area contributed by atoms with Crippen LogP contribution in [0.15, 0.2) is 52.3 Å². The first-order valence-electron chi connectivity index (χ1n) is 7.74. The molecule has 0 fully saturated rings. The van der Waals surface area contributed by atoms with Crippen molar-refractivity contribution in [3.63, 3.8) is 0 Å². The van der Waals surface area contributed by atoms with Gasteiger partial charge in [0.25, 0.3) is 11.6 Å². The molecule has 0 saturated heterocycles. The van der Waals surface area contributed by atoms with Gasteiger partial charge in [-0.15, -0.1) is 0 Å². The number of sulfonamides is 1. The molecule has 0 radical (unpaired) electrons. The number of benzene rings is 2. The Balaban J connectivity index is 2.28. The molecule has 0 aliphatic heterocycles. The Kier molecular flexibility index (Phi) is 6.17. The summed E-state index contributed by atoms with van der Waals surface area (Å²) in [6.45, 7) is -0.0667. The van der Waals surface area contributed by atoms with Crippen molar-refractivity contribution in [2.45, 2.75) is 16.3 Å². The molecule has 2 aromatic carbocycles. The van der Waals surface area contributed by atoms with Gasteiger partial charge in [0, 0.05) is 30.5 Å². The van der Waals surface area contributed by atoms with Crippen molar-refractivity contribution in [1.82, 2.24) is 10.0 Å². The fraction of sp³-hybridized carbons (Fsp3) is 0.188. The van der Waals surface area contributed by atoms with Crippen LogP contribution < -0.4 is 10.0 Å². The lowest BCUT2D eigenvalue weighted by Crippen LogP contribution is -2.24. The molecule has 150 valence electrons. The molecule has 0 unspecified atom stereocenters. The second-order valence-corrected chi connectivity index (χ2v) is 9.68. The Morgan fingerprint density at radius 1 is 1.07 bits per heavy atom. The number of amides is 1. The molecular weight excluding hydrogens is 410 g/mol. The highest BCUT2D eigenvalue weighted by Gasteiger charge is 2.19. The van der Waals surface area contributed by atoms with Gasteiger partial charge in [0.1, 0.15) is 0 Å². The largest absolute Gasteiger partial charge is 0.348 e. The molecule has 0 aliphatic carbocycles. The van der Waals surface area contributed by atoms with E-state index in [0.29, 0.717) is 5.56 Å². The predicted molar refractivity (Wildman–Crippen MR) is 100 cm³/mol. The van der Waals surface area contributed by atoms with E-state index in [1.54, 1.807) is 6.07 Å². The van der Waals surface area contributed by atoms with Crippen LogP contribution in [0.3, 0.4) is 0 Å². The summed E-state index contributed by atoms with van der Waals surface area (Å²) in [5.74, 6) is -0.740. The predicted octanol–water partition coefficient (Wildman–Crippen LogP) is 0.836. The lowest BCUT2D eigenvalue weighted by molar-refractivity contribution is -0.385. The normalized spacial score (nSPS) is 11.8. The van der Waals surface area contributed by atoms with E-state index >= 15 is 0 Å². The summed E-state index contributed by atoms with van der Waals surface area (Å²) in [7, 11) is -6.15.